The zero-order valence-electron chi connectivity index (χ0n) is 15.4. The Kier molecular flexibility index (Phi) is 5.33. The van der Waals surface area contributed by atoms with Crippen LogP contribution in [-0.2, 0) is 16.4 Å². The monoisotopic (exact) mass is 464 g/mol. The molecule has 0 bridgehead atoms. The van der Waals surface area contributed by atoms with Crippen LogP contribution in [-0.4, -0.2) is 44.5 Å². The van der Waals surface area contributed by atoms with Gasteiger partial charge in [0.25, 0.3) is 0 Å². The highest BCUT2D eigenvalue weighted by Gasteiger charge is 2.18. The summed E-state index contributed by atoms with van der Waals surface area (Å²) in [4.78, 5) is 12.4. The number of anilines is 2. The normalized spacial score (nSPS) is 11.7. The molecule has 12 heteroatoms. The third kappa shape index (κ3) is 3.94. The van der Waals surface area contributed by atoms with E-state index in [4.69, 9.17) is 23.2 Å². The molecule has 0 aliphatic heterocycles. The summed E-state index contributed by atoms with van der Waals surface area (Å²) in [6.07, 6.45) is 5.66. The zero-order valence-corrected chi connectivity index (χ0v) is 17.7. The van der Waals surface area contributed by atoms with Crippen LogP contribution in [0, 0.1) is 0 Å². The van der Waals surface area contributed by atoms with E-state index in [1.165, 1.54) is 23.1 Å². The molecule has 0 atom stereocenters. The van der Waals surface area contributed by atoms with Gasteiger partial charge in [0.05, 0.1) is 38.1 Å². The summed E-state index contributed by atoms with van der Waals surface area (Å²) in [7, 11) is -3.47. The van der Waals surface area contributed by atoms with Crippen molar-refractivity contribution in [3.8, 4) is 5.69 Å². The molecule has 3 aromatic heterocycles. The number of pyridine rings is 1. The van der Waals surface area contributed by atoms with Crippen LogP contribution < -0.4 is 5.32 Å². The van der Waals surface area contributed by atoms with E-state index in [9.17, 15) is 13.5 Å². The third-order valence-electron chi connectivity index (χ3n) is 4.21. The number of aliphatic hydroxyl groups is 1. The number of aromatic nitrogens is 5. The van der Waals surface area contributed by atoms with Gasteiger partial charge in [-0.05, 0) is 18.2 Å². The fraction of sp³-hybridized carbons (Fsp3) is 0.111. The number of hydrogen-bond acceptors (Lipinski definition) is 8. The molecule has 0 amide bonds. The van der Waals surface area contributed by atoms with E-state index < -0.39 is 9.84 Å². The van der Waals surface area contributed by atoms with Crippen molar-refractivity contribution in [3.63, 3.8) is 0 Å². The lowest BCUT2D eigenvalue weighted by atomic mass is 10.3. The van der Waals surface area contributed by atoms with E-state index in [-0.39, 0.29) is 21.5 Å². The Bertz CT molecular complexity index is 1350. The standard InChI is InChI=1S/C18H14Cl2N6O3S/c1-30(28,29)11-5-13(19)17(14(20)6-11)26-7-12-15(25-26)2-3-21-18(12)24-16-4-10(8-27)22-9-23-16/h2-7,9,27H,8H2,1H3,(H,21,22,23,24). The Hall–Kier alpha value is -2.79. The molecule has 3 heterocycles. The average molecular weight is 465 g/mol. The summed E-state index contributed by atoms with van der Waals surface area (Å²) in [6, 6.07) is 5.98. The van der Waals surface area contributed by atoms with Crippen LogP contribution >= 0.6 is 23.2 Å². The number of benzene rings is 1. The molecule has 2 N–H and O–H groups in total. The maximum absolute atomic E-state index is 11.8. The second-order valence-electron chi connectivity index (χ2n) is 6.35. The van der Waals surface area contributed by atoms with Crippen LogP contribution in [0.1, 0.15) is 5.69 Å². The summed E-state index contributed by atoms with van der Waals surface area (Å²) >= 11 is 12.6. The first-order chi connectivity index (χ1) is 14.3. The van der Waals surface area contributed by atoms with Crippen molar-refractivity contribution in [1.29, 1.82) is 0 Å². The van der Waals surface area contributed by atoms with Crippen molar-refractivity contribution in [2.75, 3.05) is 11.6 Å². The fourth-order valence-electron chi connectivity index (χ4n) is 2.81. The van der Waals surface area contributed by atoms with E-state index in [0.717, 1.165) is 6.26 Å². The molecule has 0 unspecified atom stereocenters. The Labute approximate surface area is 181 Å². The molecule has 0 saturated carbocycles. The molecule has 0 aliphatic rings. The zero-order chi connectivity index (χ0) is 21.5. The highest BCUT2D eigenvalue weighted by molar-refractivity contribution is 7.90. The predicted molar refractivity (Wildman–Crippen MR) is 113 cm³/mol. The lowest BCUT2D eigenvalue weighted by molar-refractivity contribution is 0.276. The number of nitrogens with one attached hydrogen (secondary N) is 1. The van der Waals surface area contributed by atoms with Crippen molar-refractivity contribution in [3.05, 3.63) is 58.7 Å². The Morgan fingerprint density at radius 1 is 1.13 bits per heavy atom. The first-order valence-electron chi connectivity index (χ1n) is 8.49. The van der Waals surface area contributed by atoms with Crippen molar-refractivity contribution < 1.29 is 13.5 Å². The SMILES string of the molecule is CS(=O)(=O)c1cc(Cl)c(-n2cc3c(Nc4cc(CO)ncn4)nccc3n2)c(Cl)c1. The van der Waals surface area contributed by atoms with Gasteiger partial charge in [-0.15, -0.1) is 0 Å². The molecular formula is C18H14Cl2N6O3S. The van der Waals surface area contributed by atoms with Crippen molar-refractivity contribution in [2.45, 2.75) is 11.5 Å². The molecule has 0 saturated heterocycles. The summed E-state index contributed by atoms with van der Waals surface area (Å²) < 4.78 is 25.1. The largest absolute Gasteiger partial charge is 0.390 e. The molecule has 0 radical (unpaired) electrons. The van der Waals surface area contributed by atoms with Crippen LogP contribution in [0.15, 0.2) is 47.9 Å². The quantitative estimate of drug-likeness (QED) is 0.461. The highest BCUT2D eigenvalue weighted by Crippen LogP contribution is 2.33. The molecule has 4 aromatic rings. The van der Waals surface area contributed by atoms with Gasteiger partial charge in [0, 0.05) is 24.7 Å². The summed E-state index contributed by atoms with van der Waals surface area (Å²) in [6.45, 7) is -0.215. The summed E-state index contributed by atoms with van der Waals surface area (Å²) in [5, 5.41) is 17.7. The van der Waals surface area contributed by atoms with Gasteiger partial charge in [-0.2, -0.15) is 5.10 Å². The van der Waals surface area contributed by atoms with Crippen LogP contribution in [0.4, 0.5) is 11.6 Å². The molecule has 4 rings (SSSR count). The van der Waals surface area contributed by atoms with Gasteiger partial charge in [-0.25, -0.2) is 28.1 Å². The lowest BCUT2D eigenvalue weighted by Crippen LogP contribution is -2.01. The Morgan fingerprint density at radius 2 is 1.87 bits per heavy atom. The van der Waals surface area contributed by atoms with E-state index in [0.29, 0.717) is 33.9 Å². The summed E-state index contributed by atoms with van der Waals surface area (Å²) in [5.74, 6) is 0.928. The van der Waals surface area contributed by atoms with Crippen LogP contribution in [0.5, 0.6) is 0 Å². The van der Waals surface area contributed by atoms with Gasteiger partial charge in [0.1, 0.15) is 23.7 Å². The van der Waals surface area contributed by atoms with Crippen molar-refractivity contribution in [1.82, 2.24) is 24.7 Å². The van der Waals surface area contributed by atoms with Crippen molar-refractivity contribution >= 4 is 55.6 Å². The predicted octanol–water partition coefficient (Wildman–Crippen LogP) is 3.16. The van der Waals surface area contributed by atoms with E-state index in [1.807, 2.05) is 0 Å². The molecular weight excluding hydrogens is 451 g/mol. The van der Waals surface area contributed by atoms with Crippen molar-refractivity contribution in [2.24, 2.45) is 0 Å². The lowest BCUT2D eigenvalue weighted by Gasteiger charge is -2.09. The highest BCUT2D eigenvalue weighted by atomic mass is 35.5. The maximum Gasteiger partial charge on any atom is 0.175 e. The molecule has 154 valence electrons. The summed E-state index contributed by atoms with van der Waals surface area (Å²) in [5.41, 5.74) is 1.40. The van der Waals surface area contributed by atoms with Crippen LogP contribution in [0.25, 0.3) is 16.6 Å². The van der Waals surface area contributed by atoms with E-state index in [2.05, 4.69) is 25.4 Å². The molecule has 30 heavy (non-hydrogen) atoms. The number of fused-ring (bicyclic) bond motifs is 1. The van der Waals surface area contributed by atoms with Gasteiger partial charge in [-0.3, -0.25) is 0 Å². The Balaban J connectivity index is 1.79. The van der Waals surface area contributed by atoms with Gasteiger partial charge in [0.15, 0.2) is 9.84 Å². The number of halogens is 2. The minimum Gasteiger partial charge on any atom is -0.390 e. The van der Waals surface area contributed by atoms with Gasteiger partial charge in [0.2, 0.25) is 0 Å². The van der Waals surface area contributed by atoms with Gasteiger partial charge >= 0.3 is 0 Å². The topological polar surface area (TPSA) is 123 Å². The van der Waals surface area contributed by atoms with E-state index in [1.54, 1.807) is 24.5 Å². The second kappa shape index (κ2) is 7.80. The van der Waals surface area contributed by atoms with Gasteiger partial charge in [-0.1, -0.05) is 23.2 Å². The van der Waals surface area contributed by atoms with Crippen LogP contribution in [0.3, 0.4) is 0 Å². The first-order valence-corrected chi connectivity index (χ1v) is 11.1. The molecule has 1 aromatic carbocycles. The second-order valence-corrected chi connectivity index (χ2v) is 9.18. The van der Waals surface area contributed by atoms with Gasteiger partial charge < -0.3 is 10.4 Å². The minimum atomic E-state index is -3.47. The smallest absolute Gasteiger partial charge is 0.175 e. The minimum absolute atomic E-state index is 0.0189. The fourth-order valence-corrected chi connectivity index (χ4v) is 4.26. The Morgan fingerprint density at radius 3 is 2.53 bits per heavy atom. The van der Waals surface area contributed by atoms with Crippen LogP contribution in [0.2, 0.25) is 10.0 Å². The van der Waals surface area contributed by atoms with E-state index >= 15 is 0 Å². The number of sulfone groups is 1. The number of aliphatic hydroxyl groups excluding tert-OH is 1. The number of hydrogen-bond donors (Lipinski definition) is 2. The average Bonchev–Trinajstić information content (AvgIpc) is 3.11. The number of nitrogens with zero attached hydrogens (tertiary/aromatic N) is 5. The maximum atomic E-state index is 11.8. The molecule has 0 fully saturated rings. The first kappa shape index (κ1) is 20.5. The third-order valence-corrected chi connectivity index (χ3v) is 5.88. The molecule has 0 spiro atoms. The molecule has 9 nitrogen and oxygen atoms in total. The number of rotatable bonds is 5. The molecule has 0 aliphatic carbocycles.